The van der Waals surface area contributed by atoms with Gasteiger partial charge >= 0.3 is 0 Å². The van der Waals surface area contributed by atoms with Gasteiger partial charge in [-0.3, -0.25) is 4.79 Å². The van der Waals surface area contributed by atoms with Gasteiger partial charge in [-0.2, -0.15) is 0 Å². The predicted octanol–water partition coefficient (Wildman–Crippen LogP) is 8.78. The standard InChI is InChI=1S/C24H29NO2.C20H23NO/c1-5-18-27-23-15-11-21(12-16-23)8-7-20-9-13-22(14-10-20)19(2)6-17-24(26)25(3)4;1-3-14-22-20-12-8-18(9-13-20)5-4-17-6-10-19(11-7-17)16(2)15-21/h9-16,19H,5-6,17-18H2,1-4H3;6-13,16H,3,14-15,21H2,1-2H3. The first kappa shape index (κ1) is 38.5. The highest BCUT2D eigenvalue weighted by atomic mass is 16.5. The number of ether oxygens (including phenoxy) is 2. The number of hydrogen-bond donors (Lipinski definition) is 1. The van der Waals surface area contributed by atoms with E-state index in [9.17, 15) is 4.79 Å². The third-order valence-electron chi connectivity index (χ3n) is 7.96. The van der Waals surface area contributed by atoms with Crippen LogP contribution in [0.2, 0.25) is 0 Å². The number of rotatable bonds is 12. The van der Waals surface area contributed by atoms with E-state index in [1.807, 2.05) is 72.8 Å². The van der Waals surface area contributed by atoms with Crippen LogP contribution in [-0.4, -0.2) is 44.7 Å². The van der Waals surface area contributed by atoms with Gasteiger partial charge in [0.05, 0.1) is 13.2 Å². The van der Waals surface area contributed by atoms with Crippen molar-refractivity contribution in [2.45, 2.75) is 65.2 Å². The maximum atomic E-state index is 11.7. The summed E-state index contributed by atoms with van der Waals surface area (Å²) in [4.78, 5) is 13.4. The minimum atomic E-state index is 0.176. The molecule has 0 heterocycles. The Bertz CT molecular complexity index is 1670. The summed E-state index contributed by atoms with van der Waals surface area (Å²) in [5, 5.41) is 0. The van der Waals surface area contributed by atoms with E-state index in [1.165, 1.54) is 11.1 Å². The Labute approximate surface area is 294 Å². The molecule has 2 atom stereocenters. The van der Waals surface area contributed by atoms with Crippen LogP contribution in [0, 0.1) is 23.7 Å². The van der Waals surface area contributed by atoms with Gasteiger partial charge in [0.1, 0.15) is 11.5 Å². The Morgan fingerprint density at radius 2 is 0.959 bits per heavy atom. The van der Waals surface area contributed by atoms with Crippen molar-refractivity contribution >= 4 is 5.91 Å². The lowest BCUT2D eigenvalue weighted by molar-refractivity contribution is -0.128. The first-order valence-corrected chi connectivity index (χ1v) is 17.3. The lowest BCUT2D eigenvalue weighted by Gasteiger charge is -2.14. The molecule has 1 amide bonds. The fourth-order valence-corrected chi connectivity index (χ4v) is 4.65. The zero-order valence-electron chi connectivity index (χ0n) is 30.1. The van der Waals surface area contributed by atoms with Gasteiger partial charge in [0, 0.05) is 42.8 Å². The molecule has 0 aromatic heterocycles. The molecule has 0 saturated heterocycles. The Morgan fingerprint density at radius 3 is 1.29 bits per heavy atom. The molecule has 49 heavy (non-hydrogen) atoms. The third kappa shape index (κ3) is 14.0. The van der Waals surface area contributed by atoms with Crippen LogP contribution in [-0.2, 0) is 4.79 Å². The Hall–Kier alpha value is -4.97. The summed E-state index contributed by atoms with van der Waals surface area (Å²) < 4.78 is 11.1. The van der Waals surface area contributed by atoms with Gasteiger partial charge in [0.2, 0.25) is 5.91 Å². The van der Waals surface area contributed by atoms with Gasteiger partial charge in [-0.1, -0.05) is 75.6 Å². The largest absolute Gasteiger partial charge is 0.494 e. The van der Waals surface area contributed by atoms with E-state index in [2.05, 4.69) is 75.6 Å². The minimum Gasteiger partial charge on any atom is -0.494 e. The van der Waals surface area contributed by atoms with Crippen molar-refractivity contribution in [3.8, 4) is 35.2 Å². The average molecular weight is 657 g/mol. The number of benzene rings is 4. The molecule has 4 aromatic rings. The van der Waals surface area contributed by atoms with Crippen LogP contribution in [0.5, 0.6) is 11.5 Å². The zero-order chi connectivity index (χ0) is 35.4. The van der Waals surface area contributed by atoms with Crippen LogP contribution in [0.1, 0.15) is 98.6 Å². The van der Waals surface area contributed by atoms with Crippen LogP contribution in [0.25, 0.3) is 0 Å². The van der Waals surface area contributed by atoms with Gasteiger partial charge < -0.3 is 20.1 Å². The number of hydrogen-bond acceptors (Lipinski definition) is 4. The molecule has 0 fully saturated rings. The van der Waals surface area contributed by atoms with E-state index < -0.39 is 0 Å². The quantitative estimate of drug-likeness (QED) is 0.155. The highest BCUT2D eigenvalue weighted by molar-refractivity contribution is 5.75. The fourth-order valence-electron chi connectivity index (χ4n) is 4.65. The van der Waals surface area contributed by atoms with E-state index in [-0.39, 0.29) is 5.91 Å². The summed E-state index contributed by atoms with van der Waals surface area (Å²) >= 11 is 0. The minimum absolute atomic E-state index is 0.176. The van der Waals surface area contributed by atoms with Crippen LogP contribution in [0.15, 0.2) is 97.1 Å². The number of nitrogens with two attached hydrogens (primary N) is 1. The summed E-state index contributed by atoms with van der Waals surface area (Å²) in [5.41, 5.74) is 12.1. The van der Waals surface area contributed by atoms with Crippen molar-refractivity contribution in [1.82, 2.24) is 4.90 Å². The molecule has 0 aliphatic heterocycles. The first-order valence-electron chi connectivity index (χ1n) is 17.3. The van der Waals surface area contributed by atoms with Crippen LogP contribution in [0.4, 0.5) is 0 Å². The van der Waals surface area contributed by atoms with Crippen LogP contribution >= 0.6 is 0 Å². The lowest BCUT2D eigenvalue weighted by atomic mass is 9.95. The van der Waals surface area contributed by atoms with Crippen molar-refractivity contribution in [3.05, 3.63) is 130 Å². The van der Waals surface area contributed by atoms with Crippen LogP contribution in [0.3, 0.4) is 0 Å². The second-order valence-electron chi connectivity index (χ2n) is 12.4. The van der Waals surface area contributed by atoms with E-state index >= 15 is 0 Å². The Kier molecular flexibility index (Phi) is 16.6. The fraction of sp³-hybridized carbons (Fsp3) is 0.341. The molecule has 0 saturated carbocycles. The molecular weight excluding hydrogens is 604 g/mol. The molecule has 4 rings (SSSR count). The third-order valence-corrected chi connectivity index (χ3v) is 7.96. The van der Waals surface area contributed by atoms with Crippen molar-refractivity contribution in [1.29, 1.82) is 0 Å². The molecule has 5 nitrogen and oxygen atoms in total. The zero-order valence-corrected chi connectivity index (χ0v) is 30.1. The molecule has 0 bridgehead atoms. The molecule has 0 spiro atoms. The molecular formula is C44H52N2O3. The maximum absolute atomic E-state index is 11.7. The van der Waals surface area contributed by atoms with Gasteiger partial charge in [-0.15, -0.1) is 0 Å². The molecule has 4 aromatic carbocycles. The molecule has 0 aliphatic carbocycles. The van der Waals surface area contributed by atoms with Gasteiger partial charge in [0.15, 0.2) is 0 Å². The molecule has 256 valence electrons. The summed E-state index contributed by atoms with van der Waals surface area (Å²) in [6.07, 6.45) is 3.45. The normalized spacial score (nSPS) is 11.3. The number of nitrogens with zero attached hydrogens (tertiary/aromatic N) is 1. The number of carbonyl (C=O) groups excluding carboxylic acids is 1. The maximum Gasteiger partial charge on any atom is 0.222 e. The van der Waals surface area contributed by atoms with E-state index in [0.717, 1.165) is 66.2 Å². The van der Waals surface area contributed by atoms with Gasteiger partial charge in [0.25, 0.3) is 0 Å². The molecule has 0 radical (unpaired) electrons. The highest BCUT2D eigenvalue weighted by Gasteiger charge is 2.10. The van der Waals surface area contributed by atoms with Crippen molar-refractivity contribution in [2.75, 3.05) is 33.9 Å². The van der Waals surface area contributed by atoms with Gasteiger partial charge in [-0.25, -0.2) is 0 Å². The Morgan fingerprint density at radius 1 is 0.612 bits per heavy atom. The molecule has 0 aliphatic rings. The highest BCUT2D eigenvalue weighted by Crippen LogP contribution is 2.21. The number of amides is 1. The average Bonchev–Trinajstić information content (AvgIpc) is 3.14. The second-order valence-corrected chi connectivity index (χ2v) is 12.4. The SMILES string of the molecule is CCCOc1ccc(C#Cc2ccc(C(C)CCC(=O)N(C)C)cc2)cc1.CCCOc1ccc(C#Cc2ccc(C(C)CN)cc2)cc1. The molecule has 5 heteroatoms. The van der Waals surface area contributed by atoms with Crippen LogP contribution < -0.4 is 15.2 Å². The first-order chi connectivity index (χ1) is 23.7. The second kappa shape index (κ2) is 21.1. The summed E-state index contributed by atoms with van der Waals surface area (Å²) in [7, 11) is 3.60. The van der Waals surface area contributed by atoms with E-state index in [0.29, 0.717) is 24.8 Å². The monoisotopic (exact) mass is 656 g/mol. The van der Waals surface area contributed by atoms with Gasteiger partial charge in [-0.05, 0) is 122 Å². The Balaban J connectivity index is 0.000000271. The lowest BCUT2D eigenvalue weighted by Crippen LogP contribution is -2.21. The van der Waals surface area contributed by atoms with E-state index in [4.69, 9.17) is 15.2 Å². The summed E-state index contributed by atoms with van der Waals surface area (Å²) in [6.45, 7) is 10.6. The molecule has 2 N–H and O–H groups in total. The smallest absolute Gasteiger partial charge is 0.222 e. The molecule has 2 unspecified atom stereocenters. The van der Waals surface area contributed by atoms with E-state index in [1.54, 1.807) is 19.0 Å². The van der Waals surface area contributed by atoms with Crippen molar-refractivity contribution in [3.63, 3.8) is 0 Å². The van der Waals surface area contributed by atoms with Crippen molar-refractivity contribution in [2.24, 2.45) is 5.73 Å². The summed E-state index contributed by atoms with van der Waals surface area (Å²) in [6, 6.07) is 32.4. The predicted molar refractivity (Wildman–Crippen MR) is 203 cm³/mol. The topological polar surface area (TPSA) is 64.8 Å². The number of carbonyl (C=O) groups is 1. The summed E-state index contributed by atoms with van der Waals surface area (Å²) in [5.74, 6) is 15.5. The van der Waals surface area contributed by atoms with Crippen molar-refractivity contribution < 1.29 is 14.3 Å².